The maximum atomic E-state index is 12.9. The Labute approximate surface area is 183 Å². The Hall–Kier alpha value is -2.68. The molecule has 1 amide bonds. The second kappa shape index (κ2) is 10.9. The van der Waals surface area contributed by atoms with Crippen LogP contribution < -0.4 is 19.3 Å². The molecule has 2 aromatic rings. The predicted molar refractivity (Wildman–Crippen MR) is 115 cm³/mol. The van der Waals surface area contributed by atoms with Crippen LogP contribution in [0, 0.1) is 6.92 Å². The van der Waals surface area contributed by atoms with Gasteiger partial charge >= 0.3 is 183 Å². The van der Waals surface area contributed by atoms with Gasteiger partial charge < -0.3 is 0 Å². The average Bonchev–Trinajstić information content (AvgIpc) is 2.70. The van der Waals surface area contributed by atoms with Gasteiger partial charge in [0.1, 0.15) is 0 Å². The molecule has 1 atom stereocenters. The van der Waals surface area contributed by atoms with E-state index in [1.807, 2.05) is 6.92 Å². The zero-order chi connectivity index (χ0) is 22.3. The van der Waals surface area contributed by atoms with Crippen LogP contribution in [0.5, 0.6) is 11.5 Å². The monoisotopic (exact) mass is 499 g/mol. The van der Waals surface area contributed by atoms with Crippen molar-refractivity contribution >= 4 is 52.0 Å². The third-order valence-electron chi connectivity index (χ3n) is 3.98. The first-order chi connectivity index (χ1) is 14.3. The summed E-state index contributed by atoms with van der Waals surface area (Å²) in [4.78, 5) is 35.2. The minimum atomic E-state index is -1.21. The number of ether oxygens (including phenoxy) is 2. The SMILES string of the molecule is COc1ccc(NC(=O)c2cccc(OC)c2[Se]SC(CC(=O)O)C(=O)O)cc1C. The molecule has 1 unspecified atom stereocenters. The number of anilines is 1. The van der Waals surface area contributed by atoms with Gasteiger partial charge in [0.05, 0.1) is 0 Å². The summed E-state index contributed by atoms with van der Waals surface area (Å²) in [7, 11) is 4.02. The third-order valence-corrected chi connectivity index (χ3v) is 8.84. The van der Waals surface area contributed by atoms with Crippen molar-refractivity contribution in [2.24, 2.45) is 0 Å². The first kappa shape index (κ1) is 23.6. The molecule has 0 aliphatic carbocycles. The molecule has 0 bridgehead atoms. The predicted octanol–water partition coefficient (Wildman–Crippen LogP) is 2.17. The molecule has 3 N–H and O–H groups in total. The molecule has 30 heavy (non-hydrogen) atoms. The molecule has 0 fully saturated rings. The molecule has 2 aromatic carbocycles. The van der Waals surface area contributed by atoms with Gasteiger partial charge in [0.25, 0.3) is 0 Å². The number of hydrogen-bond acceptors (Lipinski definition) is 6. The molecule has 10 heteroatoms. The zero-order valence-corrected chi connectivity index (χ0v) is 19.0. The number of carbonyl (C=O) groups is 3. The summed E-state index contributed by atoms with van der Waals surface area (Å²) in [6, 6.07) is 10.2. The molecule has 160 valence electrons. The van der Waals surface area contributed by atoms with Crippen molar-refractivity contribution < 1.29 is 34.1 Å². The third kappa shape index (κ3) is 6.16. The van der Waals surface area contributed by atoms with E-state index in [0.29, 0.717) is 27.2 Å². The second-order valence-electron chi connectivity index (χ2n) is 6.08. The summed E-state index contributed by atoms with van der Waals surface area (Å²) in [6.07, 6.45) is -0.510. The van der Waals surface area contributed by atoms with Crippen LogP contribution in [-0.2, 0) is 9.59 Å². The number of nitrogens with one attached hydrogen (secondary N) is 1. The average molecular weight is 498 g/mol. The topological polar surface area (TPSA) is 122 Å². The minimum absolute atomic E-state index is 0.342. The van der Waals surface area contributed by atoms with E-state index in [4.69, 9.17) is 14.6 Å². The molecule has 0 radical (unpaired) electrons. The Morgan fingerprint density at radius 3 is 2.37 bits per heavy atom. The van der Waals surface area contributed by atoms with E-state index in [2.05, 4.69) is 5.32 Å². The van der Waals surface area contributed by atoms with Gasteiger partial charge in [-0.2, -0.15) is 0 Å². The van der Waals surface area contributed by atoms with Crippen LogP contribution in [0.25, 0.3) is 0 Å². The molecule has 0 aliphatic heterocycles. The quantitative estimate of drug-likeness (QED) is 0.426. The van der Waals surface area contributed by atoms with Crippen molar-refractivity contribution in [1.82, 2.24) is 0 Å². The first-order valence-corrected chi connectivity index (χ1v) is 12.4. The van der Waals surface area contributed by atoms with E-state index in [-0.39, 0.29) is 5.91 Å². The van der Waals surface area contributed by atoms with E-state index in [0.717, 1.165) is 15.7 Å². The summed E-state index contributed by atoms with van der Waals surface area (Å²) in [5.41, 5.74) is 1.79. The Bertz CT molecular complexity index is 951. The van der Waals surface area contributed by atoms with E-state index in [1.165, 1.54) is 7.11 Å². The number of rotatable bonds is 10. The zero-order valence-electron chi connectivity index (χ0n) is 16.5. The number of benzene rings is 2. The summed E-state index contributed by atoms with van der Waals surface area (Å²) < 4.78 is 11.1. The van der Waals surface area contributed by atoms with Crippen LogP contribution in [0.3, 0.4) is 0 Å². The van der Waals surface area contributed by atoms with E-state index >= 15 is 0 Å². The van der Waals surface area contributed by atoms with Gasteiger partial charge in [-0.05, 0) is 0 Å². The molecule has 0 spiro atoms. The standard InChI is InChI=1S/C20H21NO7SSe/c1-11-9-12(7-8-14(11)27-2)21-19(24)13-5-4-6-15(28-3)18(13)30-29-16(20(25)26)10-17(22)23/h4-9,16H,10H2,1-3H3,(H,21,24)(H,22,23)(H,25,26). The number of carboxylic acid groups (broad SMARTS) is 2. The van der Waals surface area contributed by atoms with Crippen LogP contribution in [-0.4, -0.2) is 61.4 Å². The fourth-order valence-electron chi connectivity index (χ4n) is 2.52. The van der Waals surface area contributed by atoms with E-state index < -0.39 is 37.4 Å². The van der Waals surface area contributed by atoms with Crippen LogP contribution in [0.15, 0.2) is 36.4 Å². The molecule has 0 heterocycles. The molecule has 0 saturated heterocycles. The van der Waals surface area contributed by atoms with Crippen molar-refractivity contribution in [2.75, 3.05) is 19.5 Å². The maximum absolute atomic E-state index is 12.9. The summed E-state index contributed by atoms with van der Waals surface area (Å²) >= 11 is -0.576. The van der Waals surface area contributed by atoms with Gasteiger partial charge in [0.15, 0.2) is 0 Å². The number of carbonyl (C=O) groups excluding carboxylic acids is 1. The van der Waals surface area contributed by atoms with Crippen LogP contribution in [0.1, 0.15) is 22.3 Å². The molecule has 2 rings (SSSR count). The van der Waals surface area contributed by atoms with Gasteiger partial charge in [0.2, 0.25) is 0 Å². The molecule has 0 saturated carbocycles. The van der Waals surface area contributed by atoms with Crippen molar-refractivity contribution in [2.45, 2.75) is 18.6 Å². The van der Waals surface area contributed by atoms with Gasteiger partial charge in [-0.1, -0.05) is 0 Å². The van der Waals surface area contributed by atoms with Crippen molar-refractivity contribution in [3.05, 3.63) is 47.5 Å². The first-order valence-electron chi connectivity index (χ1n) is 8.67. The van der Waals surface area contributed by atoms with Gasteiger partial charge in [-0.25, -0.2) is 0 Å². The Balaban J connectivity index is 2.27. The molecule has 0 aliphatic rings. The second-order valence-corrected chi connectivity index (χ2v) is 10.1. The number of hydrogen-bond donors (Lipinski definition) is 3. The molecule has 8 nitrogen and oxygen atoms in total. The summed E-state index contributed by atoms with van der Waals surface area (Å²) in [6.45, 7) is 1.86. The Morgan fingerprint density at radius 2 is 1.80 bits per heavy atom. The van der Waals surface area contributed by atoms with Crippen LogP contribution >= 0.6 is 10.2 Å². The molecule has 0 aromatic heterocycles. The van der Waals surface area contributed by atoms with Crippen molar-refractivity contribution in [1.29, 1.82) is 0 Å². The van der Waals surface area contributed by atoms with Crippen LogP contribution in [0.4, 0.5) is 5.69 Å². The Kier molecular flexibility index (Phi) is 8.58. The van der Waals surface area contributed by atoms with Gasteiger partial charge in [0, 0.05) is 0 Å². The van der Waals surface area contributed by atoms with Gasteiger partial charge in [-0.15, -0.1) is 0 Å². The fourth-order valence-corrected chi connectivity index (χ4v) is 7.22. The fraction of sp³-hybridized carbons (Fsp3) is 0.250. The molecular weight excluding hydrogens is 477 g/mol. The number of amides is 1. The summed E-state index contributed by atoms with van der Waals surface area (Å²) in [5, 5.41) is 19.9. The number of aryl methyl sites for hydroxylation is 1. The van der Waals surface area contributed by atoms with Crippen LogP contribution in [0.2, 0.25) is 0 Å². The summed E-state index contributed by atoms with van der Waals surface area (Å²) in [5.74, 6) is -1.63. The van der Waals surface area contributed by atoms with E-state index in [9.17, 15) is 19.5 Å². The number of aliphatic carboxylic acids is 2. The normalized spacial score (nSPS) is 11.4. The van der Waals surface area contributed by atoms with Crippen molar-refractivity contribution in [3.63, 3.8) is 0 Å². The Morgan fingerprint density at radius 1 is 1.10 bits per heavy atom. The number of carboxylic acids is 2. The number of methoxy groups -OCH3 is 2. The molecular formula is C20H21NO7SSe. The van der Waals surface area contributed by atoms with E-state index in [1.54, 1.807) is 43.5 Å². The van der Waals surface area contributed by atoms with Crippen molar-refractivity contribution in [3.8, 4) is 11.5 Å². The van der Waals surface area contributed by atoms with Gasteiger partial charge in [-0.3, -0.25) is 0 Å².